The maximum Gasteiger partial charge on any atom is 0.215 e. The first-order valence-electron chi connectivity index (χ1n) is 7.49. The topological polar surface area (TPSA) is 59.1 Å². The normalized spacial score (nSPS) is 12.3. The van der Waals surface area contributed by atoms with Gasteiger partial charge >= 0.3 is 0 Å². The smallest absolute Gasteiger partial charge is 0.215 e. The van der Waals surface area contributed by atoms with Crippen LogP contribution < -0.4 is 15.5 Å². The lowest BCUT2D eigenvalue weighted by Crippen LogP contribution is -2.19. The van der Waals surface area contributed by atoms with E-state index in [0.717, 1.165) is 16.4 Å². The van der Waals surface area contributed by atoms with E-state index in [4.69, 9.17) is 17.0 Å². The Morgan fingerprint density at radius 3 is 2.52 bits per heavy atom. The standard InChI is InChI=1S/C18H13N3O2S2/c1-23-12-6-4-5-11(9-12)21-17(22)15(25-18(21)24)10-16-19-13-7-2-3-8-14(13)20-16/h2-10,22H,1H3. The molecular formula is C18H13N3O2S2. The second kappa shape index (κ2) is 6.27. The van der Waals surface area contributed by atoms with Crippen LogP contribution in [0.5, 0.6) is 11.6 Å². The third kappa shape index (κ3) is 2.88. The lowest BCUT2D eigenvalue weighted by Gasteiger charge is -2.06. The minimum Gasteiger partial charge on any atom is -0.497 e. The molecule has 5 nitrogen and oxygen atoms in total. The van der Waals surface area contributed by atoms with Gasteiger partial charge in [0.2, 0.25) is 5.88 Å². The third-order valence-corrected chi connectivity index (χ3v) is 5.05. The Morgan fingerprint density at radius 2 is 1.84 bits per heavy atom. The summed E-state index contributed by atoms with van der Waals surface area (Å²) in [5.41, 5.74) is 0.742. The quantitative estimate of drug-likeness (QED) is 0.723. The van der Waals surface area contributed by atoms with Crippen LogP contribution in [-0.2, 0) is 0 Å². The highest BCUT2D eigenvalue weighted by atomic mass is 32.1. The number of rotatable bonds is 3. The summed E-state index contributed by atoms with van der Waals surface area (Å²) in [4.78, 5) is 9.52. The molecule has 2 heterocycles. The van der Waals surface area contributed by atoms with Crippen LogP contribution in [0.25, 0.3) is 11.8 Å². The Kier molecular flexibility index (Phi) is 3.95. The Morgan fingerprint density at radius 1 is 1.12 bits per heavy atom. The van der Waals surface area contributed by atoms with Crippen molar-refractivity contribution < 1.29 is 9.84 Å². The number of methoxy groups -OCH3 is 1. The van der Waals surface area contributed by atoms with E-state index in [9.17, 15) is 5.11 Å². The first kappa shape index (κ1) is 15.7. The minimum absolute atomic E-state index is 0.0668. The van der Waals surface area contributed by atoms with Gasteiger partial charge in [0.25, 0.3) is 0 Å². The molecule has 4 rings (SSSR count). The first-order chi connectivity index (χ1) is 12.2. The predicted octanol–water partition coefficient (Wildman–Crippen LogP) is 3.23. The zero-order valence-electron chi connectivity index (χ0n) is 13.2. The van der Waals surface area contributed by atoms with Crippen LogP contribution in [0.1, 0.15) is 4.88 Å². The number of ether oxygens (including phenoxy) is 1. The summed E-state index contributed by atoms with van der Waals surface area (Å²) in [6.45, 7) is 0. The van der Waals surface area contributed by atoms with Crippen molar-refractivity contribution in [2.45, 2.75) is 0 Å². The summed E-state index contributed by atoms with van der Waals surface area (Å²) < 4.78 is 7.38. The van der Waals surface area contributed by atoms with Gasteiger partial charge < -0.3 is 9.84 Å². The summed E-state index contributed by atoms with van der Waals surface area (Å²) in [6, 6.07) is 15.0. The van der Waals surface area contributed by atoms with E-state index in [1.54, 1.807) is 17.8 Å². The molecule has 0 unspecified atom stereocenters. The molecule has 3 aromatic rings. The molecule has 1 aliphatic rings. The van der Waals surface area contributed by atoms with E-state index in [-0.39, 0.29) is 5.88 Å². The fraction of sp³-hybridized carbons (Fsp3) is 0.0556. The van der Waals surface area contributed by atoms with Gasteiger partial charge in [-0.15, -0.1) is 11.3 Å². The van der Waals surface area contributed by atoms with Crippen molar-refractivity contribution >= 4 is 29.6 Å². The monoisotopic (exact) mass is 367 g/mol. The Hall–Kier alpha value is -2.77. The summed E-state index contributed by atoms with van der Waals surface area (Å²) in [7, 11) is 1.60. The molecule has 0 radical (unpaired) electrons. The van der Waals surface area contributed by atoms with Gasteiger partial charge in [0.1, 0.15) is 5.75 Å². The van der Waals surface area contributed by atoms with Crippen molar-refractivity contribution in [3.8, 4) is 17.3 Å². The molecule has 0 amide bonds. The molecule has 124 valence electrons. The molecule has 0 saturated carbocycles. The number of aromatic hydroxyl groups is 1. The molecule has 1 aliphatic heterocycles. The zero-order valence-corrected chi connectivity index (χ0v) is 14.8. The molecule has 0 atom stereocenters. The SMILES string of the molecule is COc1cccc(-n2c(O)c(C=C3N=c4ccccc4=N3)sc2=S)c1. The van der Waals surface area contributed by atoms with E-state index in [2.05, 4.69) is 9.98 Å². The van der Waals surface area contributed by atoms with Crippen molar-refractivity contribution in [3.63, 3.8) is 0 Å². The van der Waals surface area contributed by atoms with Gasteiger partial charge in [-0.2, -0.15) is 0 Å². The average Bonchev–Trinajstić information content (AvgIpc) is 3.15. The number of fused-ring (bicyclic) bond motifs is 1. The van der Waals surface area contributed by atoms with Crippen molar-refractivity contribution in [1.82, 2.24) is 4.57 Å². The molecule has 7 heteroatoms. The highest BCUT2D eigenvalue weighted by Gasteiger charge is 2.14. The molecular weight excluding hydrogens is 354 g/mol. The summed E-state index contributed by atoms with van der Waals surface area (Å²) >= 11 is 6.73. The highest BCUT2D eigenvalue weighted by Crippen LogP contribution is 2.32. The summed E-state index contributed by atoms with van der Waals surface area (Å²) in [5, 5.41) is 12.3. The number of hydrogen-bond donors (Lipinski definition) is 1. The van der Waals surface area contributed by atoms with Crippen molar-refractivity contribution in [3.05, 3.63) is 73.9 Å². The molecule has 2 aromatic carbocycles. The number of aromatic nitrogens is 1. The van der Waals surface area contributed by atoms with Crippen LogP contribution in [0, 0.1) is 3.95 Å². The van der Waals surface area contributed by atoms with Crippen LogP contribution >= 0.6 is 23.6 Å². The minimum atomic E-state index is 0.0668. The Bertz CT molecular complexity index is 1140. The number of benzene rings is 2. The van der Waals surface area contributed by atoms with Crippen LogP contribution in [-0.4, -0.2) is 16.8 Å². The fourth-order valence-electron chi connectivity index (χ4n) is 2.56. The Labute approximate surface area is 152 Å². The van der Waals surface area contributed by atoms with Crippen molar-refractivity contribution in [1.29, 1.82) is 0 Å². The number of nitrogens with zero attached hydrogens (tertiary/aromatic N) is 3. The fourth-order valence-corrected chi connectivity index (χ4v) is 3.84. The number of para-hydroxylation sites is 2. The second-order valence-electron chi connectivity index (χ2n) is 5.31. The van der Waals surface area contributed by atoms with Crippen LogP contribution in [0.15, 0.2) is 64.3 Å². The van der Waals surface area contributed by atoms with Crippen molar-refractivity contribution in [2.75, 3.05) is 7.11 Å². The number of hydrogen-bond acceptors (Lipinski definition) is 6. The van der Waals surface area contributed by atoms with Gasteiger partial charge in [-0.1, -0.05) is 18.2 Å². The summed E-state index contributed by atoms with van der Waals surface area (Å²) in [5.74, 6) is 1.31. The first-order valence-corrected chi connectivity index (χ1v) is 8.71. The van der Waals surface area contributed by atoms with Crippen LogP contribution in [0.4, 0.5) is 0 Å². The molecule has 1 aromatic heterocycles. The van der Waals surface area contributed by atoms with E-state index in [1.807, 2.05) is 48.5 Å². The molecule has 0 aliphatic carbocycles. The van der Waals surface area contributed by atoms with Gasteiger partial charge in [-0.3, -0.25) is 4.57 Å². The van der Waals surface area contributed by atoms with Gasteiger partial charge in [0.15, 0.2) is 9.78 Å². The van der Waals surface area contributed by atoms with Gasteiger partial charge in [0.05, 0.1) is 28.4 Å². The van der Waals surface area contributed by atoms with E-state index in [0.29, 0.717) is 20.4 Å². The van der Waals surface area contributed by atoms with Crippen LogP contribution in [0.3, 0.4) is 0 Å². The third-order valence-electron chi connectivity index (χ3n) is 3.74. The maximum atomic E-state index is 10.6. The van der Waals surface area contributed by atoms with Gasteiger partial charge in [0, 0.05) is 12.1 Å². The van der Waals surface area contributed by atoms with E-state index < -0.39 is 0 Å². The highest BCUT2D eigenvalue weighted by molar-refractivity contribution is 7.73. The molecule has 0 bridgehead atoms. The van der Waals surface area contributed by atoms with E-state index in [1.165, 1.54) is 11.3 Å². The largest absolute Gasteiger partial charge is 0.497 e. The predicted molar refractivity (Wildman–Crippen MR) is 99.4 cm³/mol. The zero-order chi connectivity index (χ0) is 17.4. The summed E-state index contributed by atoms with van der Waals surface area (Å²) in [6.07, 6.45) is 1.74. The van der Waals surface area contributed by atoms with Gasteiger partial charge in [-0.05, 0) is 36.5 Å². The van der Waals surface area contributed by atoms with Crippen LogP contribution in [0.2, 0.25) is 0 Å². The molecule has 1 N–H and O–H groups in total. The number of thiazole rings is 1. The average molecular weight is 367 g/mol. The lowest BCUT2D eigenvalue weighted by molar-refractivity contribution is 0.413. The lowest BCUT2D eigenvalue weighted by atomic mass is 10.3. The van der Waals surface area contributed by atoms with E-state index >= 15 is 0 Å². The Balaban J connectivity index is 1.80. The molecule has 0 fully saturated rings. The molecule has 0 saturated heterocycles. The maximum absolute atomic E-state index is 10.6. The van der Waals surface area contributed by atoms with Gasteiger partial charge in [-0.25, -0.2) is 9.98 Å². The van der Waals surface area contributed by atoms with Crippen molar-refractivity contribution in [2.24, 2.45) is 9.98 Å². The second-order valence-corrected chi connectivity index (χ2v) is 6.98. The molecule has 25 heavy (non-hydrogen) atoms. The molecule has 0 spiro atoms.